The number of pyridine rings is 2. The Morgan fingerprint density at radius 1 is 1.09 bits per heavy atom. The Kier molecular flexibility index (Phi) is 2.68. The number of halogens is 1. The second-order valence-electron chi connectivity index (χ2n) is 5.29. The van der Waals surface area contributed by atoms with Gasteiger partial charge in [0.1, 0.15) is 10.6 Å². The molecule has 2 aromatic rings. The number of allylic oxidation sites excluding steroid dienone is 2. The minimum Gasteiger partial charge on any atom is -0.295 e. The number of hydrogen-bond donors (Lipinski definition) is 1. The number of hydrogen-bond acceptors (Lipinski definition) is 4. The summed E-state index contributed by atoms with van der Waals surface area (Å²) in [5.41, 5.74) is -0.166. The number of carbonyl (C=O) groups is 2. The lowest BCUT2D eigenvalue weighted by Gasteiger charge is -2.27. The molecule has 1 fully saturated rings. The van der Waals surface area contributed by atoms with Gasteiger partial charge in [-0.15, -0.1) is 0 Å². The summed E-state index contributed by atoms with van der Waals surface area (Å²) in [6, 6.07) is 7.08. The van der Waals surface area contributed by atoms with Crippen molar-refractivity contribution in [3.63, 3.8) is 0 Å². The number of imide groups is 1. The quantitative estimate of drug-likeness (QED) is 0.645. The van der Waals surface area contributed by atoms with Crippen molar-refractivity contribution in [3.8, 4) is 0 Å². The zero-order valence-electron chi connectivity index (χ0n) is 11.3. The molecule has 2 aromatic heterocycles. The maximum absolute atomic E-state index is 12.4. The van der Waals surface area contributed by atoms with E-state index in [1.54, 1.807) is 36.4 Å². The normalized spacial score (nSPS) is 26.3. The van der Waals surface area contributed by atoms with Crippen LogP contribution in [0.1, 0.15) is 5.69 Å². The van der Waals surface area contributed by atoms with Crippen LogP contribution in [0.4, 0.5) is 0 Å². The Morgan fingerprint density at radius 2 is 1.91 bits per heavy atom. The van der Waals surface area contributed by atoms with Crippen molar-refractivity contribution in [3.05, 3.63) is 59.4 Å². The van der Waals surface area contributed by atoms with Crippen molar-refractivity contribution < 1.29 is 9.59 Å². The van der Waals surface area contributed by atoms with Gasteiger partial charge in [0.25, 0.3) is 0 Å². The molecule has 0 aromatic carbocycles. The van der Waals surface area contributed by atoms with E-state index in [-0.39, 0.29) is 11.8 Å². The van der Waals surface area contributed by atoms with Crippen molar-refractivity contribution in [1.82, 2.24) is 15.3 Å². The van der Waals surface area contributed by atoms with Crippen LogP contribution in [0.3, 0.4) is 0 Å². The molecule has 5 nitrogen and oxygen atoms in total. The number of nitrogens with zero attached hydrogens (tertiary/aromatic N) is 2. The summed E-state index contributed by atoms with van der Waals surface area (Å²) in [5, 5.41) is 3.54. The standard InChI is InChI=1S/C16H10ClN3O2/c17-12-7-5-9-4-6-11(18-13(9)19-12)16-8-2-1-3-10(16)14(21)20-15(16)22/h1-8,10H,(H,20,21,22). The molecule has 6 heteroatoms. The third-order valence-corrected chi connectivity index (χ3v) is 4.31. The summed E-state index contributed by atoms with van der Waals surface area (Å²) in [6.45, 7) is 0. The van der Waals surface area contributed by atoms with Crippen LogP contribution >= 0.6 is 11.6 Å². The van der Waals surface area contributed by atoms with Crippen LogP contribution < -0.4 is 5.32 Å². The second kappa shape index (κ2) is 4.48. The summed E-state index contributed by atoms with van der Waals surface area (Å²) in [5.74, 6) is -1.27. The number of rotatable bonds is 1. The summed E-state index contributed by atoms with van der Waals surface area (Å²) in [6.07, 6.45) is 6.96. The van der Waals surface area contributed by atoms with Gasteiger partial charge in [0, 0.05) is 5.39 Å². The number of nitrogens with one attached hydrogen (secondary N) is 1. The Labute approximate surface area is 130 Å². The predicted molar refractivity (Wildman–Crippen MR) is 81.1 cm³/mol. The van der Waals surface area contributed by atoms with Crippen molar-refractivity contribution in [2.45, 2.75) is 5.41 Å². The van der Waals surface area contributed by atoms with Gasteiger partial charge in [-0.1, -0.05) is 35.9 Å². The summed E-state index contributed by atoms with van der Waals surface area (Å²) in [4.78, 5) is 33.1. The van der Waals surface area contributed by atoms with Crippen molar-refractivity contribution in [2.75, 3.05) is 0 Å². The molecule has 2 amide bonds. The van der Waals surface area contributed by atoms with Gasteiger partial charge >= 0.3 is 0 Å². The van der Waals surface area contributed by atoms with Gasteiger partial charge < -0.3 is 0 Å². The first-order chi connectivity index (χ1) is 10.6. The lowest BCUT2D eigenvalue weighted by atomic mass is 9.72. The lowest BCUT2D eigenvalue weighted by Crippen LogP contribution is -2.39. The molecular weight excluding hydrogens is 302 g/mol. The first-order valence-electron chi connectivity index (χ1n) is 6.76. The van der Waals surface area contributed by atoms with Crippen LogP contribution in [0.25, 0.3) is 11.0 Å². The molecule has 0 spiro atoms. The van der Waals surface area contributed by atoms with E-state index in [1.807, 2.05) is 12.1 Å². The highest BCUT2D eigenvalue weighted by Gasteiger charge is 2.55. The smallest absolute Gasteiger partial charge is 0.243 e. The van der Waals surface area contributed by atoms with E-state index >= 15 is 0 Å². The van der Waals surface area contributed by atoms with Crippen molar-refractivity contribution in [1.29, 1.82) is 0 Å². The average molecular weight is 312 g/mol. The van der Waals surface area contributed by atoms with E-state index in [1.165, 1.54) is 0 Å². The van der Waals surface area contributed by atoms with Crippen LogP contribution in [-0.4, -0.2) is 21.8 Å². The molecule has 1 N–H and O–H groups in total. The van der Waals surface area contributed by atoms with E-state index in [0.29, 0.717) is 16.5 Å². The summed E-state index contributed by atoms with van der Waals surface area (Å²) < 4.78 is 0. The van der Waals surface area contributed by atoms with Crippen LogP contribution in [0.5, 0.6) is 0 Å². The molecule has 0 radical (unpaired) electrons. The van der Waals surface area contributed by atoms with E-state index in [9.17, 15) is 9.59 Å². The Hall–Kier alpha value is -2.53. The monoisotopic (exact) mass is 311 g/mol. The zero-order valence-corrected chi connectivity index (χ0v) is 12.0. The minimum atomic E-state index is -1.11. The lowest BCUT2D eigenvalue weighted by molar-refractivity contribution is -0.126. The molecule has 0 saturated carbocycles. The molecule has 3 heterocycles. The molecule has 0 bridgehead atoms. The third kappa shape index (κ3) is 1.66. The molecule has 2 atom stereocenters. The molecule has 1 saturated heterocycles. The zero-order chi connectivity index (χ0) is 15.3. The Balaban J connectivity index is 1.96. The number of carbonyl (C=O) groups excluding carboxylic acids is 2. The number of amides is 2. The van der Waals surface area contributed by atoms with Crippen LogP contribution in [-0.2, 0) is 15.0 Å². The van der Waals surface area contributed by atoms with Crippen LogP contribution in [0, 0.1) is 5.92 Å². The SMILES string of the molecule is O=C1NC(=O)C2(c3ccc4ccc(Cl)nc4n3)C=CC=CC12. The predicted octanol–water partition coefficient (Wildman–Crippen LogP) is 1.92. The molecular formula is C16H10ClN3O2. The fraction of sp³-hybridized carbons (Fsp3) is 0.125. The molecule has 22 heavy (non-hydrogen) atoms. The van der Waals surface area contributed by atoms with E-state index in [0.717, 1.165) is 5.39 Å². The average Bonchev–Trinajstić information content (AvgIpc) is 2.79. The molecule has 1 aliphatic heterocycles. The molecule has 2 unspecified atom stereocenters. The van der Waals surface area contributed by atoms with Gasteiger partial charge in [-0.3, -0.25) is 14.9 Å². The van der Waals surface area contributed by atoms with Gasteiger partial charge in [0.15, 0.2) is 5.65 Å². The first kappa shape index (κ1) is 13.2. The fourth-order valence-corrected chi connectivity index (χ4v) is 3.15. The summed E-state index contributed by atoms with van der Waals surface area (Å²) in [7, 11) is 0. The molecule has 108 valence electrons. The van der Waals surface area contributed by atoms with Gasteiger partial charge in [-0.05, 0) is 24.3 Å². The second-order valence-corrected chi connectivity index (χ2v) is 5.67. The maximum Gasteiger partial charge on any atom is 0.243 e. The van der Waals surface area contributed by atoms with Gasteiger partial charge in [-0.25, -0.2) is 9.97 Å². The number of fused-ring (bicyclic) bond motifs is 2. The fourth-order valence-electron chi connectivity index (χ4n) is 3.01. The van der Waals surface area contributed by atoms with E-state index in [2.05, 4.69) is 15.3 Å². The summed E-state index contributed by atoms with van der Waals surface area (Å²) >= 11 is 5.91. The van der Waals surface area contributed by atoms with E-state index in [4.69, 9.17) is 11.6 Å². The van der Waals surface area contributed by atoms with Crippen molar-refractivity contribution >= 4 is 34.4 Å². The topological polar surface area (TPSA) is 72.0 Å². The Bertz CT molecular complexity index is 890. The molecule has 2 aliphatic rings. The van der Waals surface area contributed by atoms with Gasteiger partial charge in [0.2, 0.25) is 11.8 Å². The molecule has 1 aliphatic carbocycles. The van der Waals surface area contributed by atoms with E-state index < -0.39 is 11.3 Å². The minimum absolute atomic E-state index is 0.313. The Morgan fingerprint density at radius 3 is 2.77 bits per heavy atom. The molecule has 4 rings (SSSR count). The number of aromatic nitrogens is 2. The highest BCUT2D eigenvalue weighted by atomic mass is 35.5. The van der Waals surface area contributed by atoms with Gasteiger partial charge in [0.05, 0.1) is 11.6 Å². The highest BCUT2D eigenvalue weighted by molar-refractivity contribution is 6.29. The third-order valence-electron chi connectivity index (χ3n) is 4.10. The largest absolute Gasteiger partial charge is 0.295 e. The van der Waals surface area contributed by atoms with Crippen LogP contribution in [0.15, 0.2) is 48.6 Å². The van der Waals surface area contributed by atoms with Crippen LogP contribution in [0.2, 0.25) is 5.15 Å². The van der Waals surface area contributed by atoms with Gasteiger partial charge in [-0.2, -0.15) is 0 Å². The highest BCUT2D eigenvalue weighted by Crippen LogP contribution is 2.41. The van der Waals surface area contributed by atoms with Crippen molar-refractivity contribution in [2.24, 2.45) is 5.92 Å². The maximum atomic E-state index is 12.4. The first-order valence-corrected chi connectivity index (χ1v) is 7.14.